The highest BCUT2D eigenvalue weighted by atomic mass is 32.2. The van der Waals surface area contributed by atoms with Gasteiger partial charge in [0.15, 0.2) is 0 Å². The number of hydrogen-bond acceptors (Lipinski definition) is 5. The molecule has 0 bridgehead atoms. The molecule has 1 aliphatic carbocycles. The molecule has 112 valence electrons. The van der Waals surface area contributed by atoms with Gasteiger partial charge in [-0.1, -0.05) is 12.8 Å². The van der Waals surface area contributed by atoms with E-state index in [-0.39, 0.29) is 24.1 Å². The molecular weight excluding hydrogens is 278 g/mol. The molecule has 0 saturated heterocycles. The molecule has 20 heavy (non-hydrogen) atoms. The Morgan fingerprint density at radius 1 is 1.40 bits per heavy atom. The SMILES string of the molecule is CNc1ccc(S(=O)(=O)N(CCO)C2CCCC2)cn1. The van der Waals surface area contributed by atoms with Gasteiger partial charge in [-0.15, -0.1) is 0 Å². The Balaban J connectivity index is 2.28. The third-order valence-corrected chi connectivity index (χ3v) is 5.59. The summed E-state index contributed by atoms with van der Waals surface area (Å²) in [5, 5.41) is 12.0. The quantitative estimate of drug-likeness (QED) is 0.820. The Kier molecular flexibility index (Phi) is 4.95. The molecule has 0 radical (unpaired) electrons. The normalized spacial score (nSPS) is 16.8. The third-order valence-electron chi connectivity index (χ3n) is 3.65. The lowest BCUT2D eigenvalue weighted by molar-refractivity contribution is 0.226. The van der Waals surface area contributed by atoms with Crippen molar-refractivity contribution in [2.45, 2.75) is 36.6 Å². The first kappa shape index (κ1) is 15.2. The molecule has 0 amide bonds. The summed E-state index contributed by atoms with van der Waals surface area (Å²) in [6.07, 6.45) is 5.17. The van der Waals surface area contributed by atoms with E-state index in [1.807, 2.05) is 0 Å². The second-order valence-corrected chi connectivity index (χ2v) is 6.80. The van der Waals surface area contributed by atoms with Crippen LogP contribution in [0.3, 0.4) is 0 Å². The summed E-state index contributed by atoms with van der Waals surface area (Å²) in [6.45, 7) is -0.0292. The smallest absolute Gasteiger partial charge is 0.244 e. The molecule has 1 aromatic heterocycles. The fourth-order valence-corrected chi connectivity index (χ4v) is 4.23. The van der Waals surface area contributed by atoms with Gasteiger partial charge in [0, 0.05) is 25.8 Å². The van der Waals surface area contributed by atoms with Gasteiger partial charge in [-0.25, -0.2) is 13.4 Å². The fraction of sp³-hybridized carbons (Fsp3) is 0.615. The molecule has 0 unspecified atom stereocenters. The Bertz CT molecular complexity index is 524. The van der Waals surface area contributed by atoms with E-state index in [2.05, 4.69) is 10.3 Å². The molecule has 2 rings (SSSR count). The summed E-state index contributed by atoms with van der Waals surface area (Å²) in [7, 11) is -1.86. The molecular formula is C13H21N3O3S. The van der Waals surface area contributed by atoms with Gasteiger partial charge in [0.1, 0.15) is 10.7 Å². The van der Waals surface area contributed by atoms with Crippen LogP contribution in [-0.2, 0) is 10.0 Å². The first-order valence-corrected chi connectivity index (χ1v) is 8.30. The molecule has 0 atom stereocenters. The van der Waals surface area contributed by atoms with E-state index in [0.29, 0.717) is 5.82 Å². The van der Waals surface area contributed by atoms with Crippen molar-refractivity contribution in [1.82, 2.24) is 9.29 Å². The largest absolute Gasteiger partial charge is 0.395 e. The molecule has 1 aliphatic rings. The van der Waals surface area contributed by atoms with Crippen molar-refractivity contribution in [3.63, 3.8) is 0 Å². The van der Waals surface area contributed by atoms with Crippen molar-refractivity contribution in [3.05, 3.63) is 18.3 Å². The summed E-state index contributed by atoms with van der Waals surface area (Å²) in [4.78, 5) is 4.23. The molecule has 0 aromatic carbocycles. The molecule has 6 nitrogen and oxygen atoms in total. The minimum absolute atomic E-state index is 0.00359. The van der Waals surface area contributed by atoms with Crippen LogP contribution < -0.4 is 5.32 Å². The zero-order valence-corrected chi connectivity index (χ0v) is 12.4. The van der Waals surface area contributed by atoms with Gasteiger partial charge in [0.25, 0.3) is 0 Å². The Labute approximate surface area is 119 Å². The minimum Gasteiger partial charge on any atom is -0.395 e. The predicted molar refractivity (Wildman–Crippen MR) is 77.0 cm³/mol. The van der Waals surface area contributed by atoms with E-state index < -0.39 is 10.0 Å². The van der Waals surface area contributed by atoms with Crippen molar-refractivity contribution < 1.29 is 13.5 Å². The first-order valence-electron chi connectivity index (χ1n) is 6.86. The average molecular weight is 299 g/mol. The number of nitrogens with one attached hydrogen (secondary N) is 1. The second kappa shape index (κ2) is 6.51. The van der Waals surface area contributed by atoms with E-state index in [0.717, 1.165) is 25.7 Å². The van der Waals surface area contributed by atoms with E-state index in [4.69, 9.17) is 5.11 Å². The van der Waals surface area contributed by atoms with Crippen LogP contribution in [0, 0.1) is 0 Å². The van der Waals surface area contributed by atoms with Gasteiger partial charge in [-0.05, 0) is 25.0 Å². The van der Waals surface area contributed by atoms with Crippen molar-refractivity contribution in [3.8, 4) is 0 Å². The summed E-state index contributed by atoms with van der Waals surface area (Å²) < 4.78 is 26.8. The van der Waals surface area contributed by atoms with Crippen LogP contribution in [0.25, 0.3) is 0 Å². The number of anilines is 1. The van der Waals surface area contributed by atoms with E-state index in [1.165, 1.54) is 10.5 Å². The highest BCUT2D eigenvalue weighted by Gasteiger charge is 2.32. The van der Waals surface area contributed by atoms with Crippen LogP contribution in [0.4, 0.5) is 5.82 Å². The zero-order chi connectivity index (χ0) is 14.6. The molecule has 2 N–H and O–H groups in total. The number of sulfonamides is 1. The zero-order valence-electron chi connectivity index (χ0n) is 11.6. The summed E-state index contributed by atoms with van der Waals surface area (Å²) in [5.41, 5.74) is 0. The lowest BCUT2D eigenvalue weighted by Gasteiger charge is -2.27. The van der Waals surface area contributed by atoms with Gasteiger partial charge in [-0.2, -0.15) is 4.31 Å². The van der Waals surface area contributed by atoms with Crippen molar-refractivity contribution in [2.75, 3.05) is 25.5 Å². The number of nitrogens with zero attached hydrogens (tertiary/aromatic N) is 2. The predicted octanol–water partition coefficient (Wildman–Crippen LogP) is 1.05. The highest BCUT2D eigenvalue weighted by molar-refractivity contribution is 7.89. The second-order valence-electron chi connectivity index (χ2n) is 4.91. The highest BCUT2D eigenvalue weighted by Crippen LogP contribution is 2.28. The van der Waals surface area contributed by atoms with Crippen molar-refractivity contribution in [1.29, 1.82) is 0 Å². The Hall–Kier alpha value is -1.18. The van der Waals surface area contributed by atoms with Crippen molar-refractivity contribution >= 4 is 15.8 Å². The Morgan fingerprint density at radius 3 is 2.60 bits per heavy atom. The third kappa shape index (κ3) is 3.11. The molecule has 7 heteroatoms. The molecule has 1 heterocycles. The maximum Gasteiger partial charge on any atom is 0.244 e. The number of hydrogen-bond donors (Lipinski definition) is 2. The fourth-order valence-electron chi connectivity index (χ4n) is 2.61. The molecule has 1 saturated carbocycles. The van der Waals surface area contributed by atoms with Gasteiger partial charge in [0.05, 0.1) is 6.61 Å². The summed E-state index contributed by atoms with van der Waals surface area (Å²) >= 11 is 0. The van der Waals surface area contributed by atoms with Gasteiger partial charge < -0.3 is 10.4 Å². The van der Waals surface area contributed by atoms with E-state index >= 15 is 0 Å². The van der Waals surface area contributed by atoms with Crippen LogP contribution in [-0.4, -0.2) is 49.1 Å². The maximum atomic E-state index is 12.7. The maximum absolute atomic E-state index is 12.7. The number of aromatic nitrogens is 1. The number of aliphatic hydroxyl groups excluding tert-OH is 1. The Morgan fingerprint density at radius 2 is 2.10 bits per heavy atom. The lowest BCUT2D eigenvalue weighted by Crippen LogP contribution is -2.40. The molecule has 1 fully saturated rings. The van der Waals surface area contributed by atoms with Crippen LogP contribution in [0.5, 0.6) is 0 Å². The van der Waals surface area contributed by atoms with Crippen LogP contribution in [0.15, 0.2) is 23.2 Å². The summed E-state index contributed by atoms with van der Waals surface area (Å²) in [5.74, 6) is 0.624. The molecule has 1 aromatic rings. The van der Waals surface area contributed by atoms with Crippen molar-refractivity contribution in [2.24, 2.45) is 0 Å². The first-order chi connectivity index (χ1) is 9.59. The standard InChI is InChI=1S/C13H21N3O3S/c1-14-13-7-6-12(10-15-13)20(18,19)16(8-9-17)11-4-2-3-5-11/h6-7,10-11,17H,2-5,8-9H2,1H3,(H,14,15). The molecule has 0 spiro atoms. The number of rotatable bonds is 6. The van der Waals surface area contributed by atoms with Crippen LogP contribution in [0.2, 0.25) is 0 Å². The molecule has 0 aliphatic heterocycles. The monoisotopic (exact) mass is 299 g/mol. The van der Waals surface area contributed by atoms with E-state index in [1.54, 1.807) is 19.2 Å². The van der Waals surface area contributed by atoms with Gasteiger partial charge in [0.2, 0.25) is 10.0 Å². The van der Waals surface area contributed by atoms with Crippen LogP contribution in [0.1, 0.15) is 25.7 Å². The van der Waals surface area contributed by atoms with E-state index in [9.17, 15) is 8.42 Å². The minimum atomic E-state index is -3.59. The lowest BCUT2D eigenvalue weighted by atomic mass is 10.2. The van der Waals surface area contributed by atoms with Gasteiger partial charge in [-0.3, -0.25) is 0 Å². The topological polar surface area (TPSA) is 82.5 Å². The van der Waals surface area contributed by atoms with Gasteiger partial charge >= 0.3 is 0 Å². The summed E-state index contributed by atoms with van der Waals surface area (Å²) in [6, 6.07) is 3.18. The number of pyridine rings is 1. The van der Waals surface area contributed by atoms with Crippen LogP contribution >= 0.6 is 0 Å². The average Bonchev–Trinajstić information content (AvgIpc) is 2.98. The number of aliphatic hydroxyl groups is 1.